The smallest absolute Gasteiger partial charge is 0.334 e. The summed E-state index contributed by atoms with van der Waals surface area (Å²) in [6.45, 7) is 0.667. The molecule has 1 aliphatic heterocycles. The lowest BCUT2D eigenvalue weighted by Gasteiger charge is -2.44. The number of amides is 1. The molecule has 1 amide bonds. The molecule has 0 spiro atoms. The van der Waals surface area contributed by atoms with Crippen LogP contribution in [0.25, 0.3) is 0 Å². The molecule has 0 aromatic rings. The first-order valence-electron chi connectivity index (χ1n) is 8.29. The average molecular weight is 347 g/mol. The third kappa shape index (κ3) is 3.49. The van der Waals surface area contributed by atoms with E-state index in [1.807, 2.05) is 0 Å². The molecule has 7 heteroatoms. The molecule has 2 bridgehead atoms. The van der Waals surface area contributed by atoms with Gasteiger partial charge in [0.2, 0.25) is 5.91 Å². The molecule has 0 aromatic heterocycles. The molecular formula is C16H27ClN2O4. The number of hydrogen-bond acceptors (Lipinski definition) is 5. The first-order valence-corrected chi connectivity index (χ1v) is 8.29. The van der Waals surface area contributed by atoms with Gasteiger partial charge < -0.3 is 20.5 Å². The van der Waals surface area contributed by atoms with Crippen molar-refractivity contribution in [1.29, 1.82) is 0 Å². The molecule has 1 heterocycles. The number of fused-ring (bicyclic) bond motifs is 2. The van der Waals surface area contributed by atoms with Crippen LogP contribution >= 0.6 is 12.4 Å². The minimum atomic E-state index is -0.999. The highest BCUT2D eigenvalue weighted by atomic mass is 35.5. The maximum atomic E-state index is 12.7. The third-order valence-electron chi connectivity index (χ3n) is 5.74. The fraction of sp³-hybridized carbons (Fsp3) is 0.875. The molecule has 6 nitrogen and oxygen atoms in total. The Morgan fingerprint density at radius 2 is 1.91 bits per heavy atom. The second-order valence-electron chi connectivity index (χ2n) is 7.06. The third-order valence-corrected chi connectivity index (χ3v) is 5.74. The first-order chi connectivity index (χ1) is 10.6. The van der Waals surface area contributed by atoms with Crippen LogP contribution in [0, 0.1) is 17.8 Å². The van der Waals surface area contributed by atoms with Crippen molar-refractivity contribution in [2.24, 2.45) is 23.5 Å². The number of halogens is 1. The molecule has 3 N–H and O–H groups in total. The van der Waals surface area contributed by atoms with E-state index >= 15 is 0 Å². The Balaban J connectivity index is 0.00000192. The monoisotopic (exact) mass is 346 g/mol. The second kappa shape index (κ2) is 7.36. The van der Waals surface area contributed by atoms with Crippen molar-refractivity contribution < 1.29 is 19.1 Å². The zero-order valence-electron chi connectivity index (χ0n) is 13.6. The van der Waals surface area contributed by atoms with Gasteiger partial charge in [-0.15, -0.1) is 12.4 Å². The SMILES string of the molecule is COC(=O)C1(NC(=O)C2CC3CCCC(C2)C3N)CCOC1.Cl. The molecule has 2 aliphatic carbocycles. The van der Waals surface area contributed by atoms with Crippen LogP contribution < -0.4 is 11.1 Å². The van der Waals surface area contributed by atoms with Gasteiger partial charge in [0.15, 0.2) is 5.54 Å². The van der Waals surface area contributed by atoms with E-state index in [0.717, 1.165) is 25.7 Å². The normalized spacial score (nSPS) is 39.2. The van der Waals surface area contributed by atoms with Crippen molar-refractivity contribution in [2.45, 2.75) is 50.1 Å². The highest BCUT2D eigenvalue weighted by Gasteiger charge is 2.47. The van der Waals surface area contributed by atoms with Gasteiger partial charge in [-0.2, -0.15) is 0 Å². The van der Waals surface area contributed by atoms with Gasteiger partial charge in [0.1, 0.15) is 0 Å². The van der Waals surface area contributed by atoms with Gasteiger partial charge in [-0.1, -0.05) is 6.42 Å². The summed E-state index contributed by atoms with van der Waals surface area (Å²) in [7, 11) is 1.35. The number of carbonyl (C=O) groups is 2. The fourth-order valence-electron chi connectivity index (χ4n) is 4.41. The second-order valence-corrected chi connectivity index (χ2v) is 7.06. The largest absolute Gasteiger partial charge is 0.467 e. The first kappa shape index (κ1) is 18.5. The van der Waals surface area contributed by atoms with Crippen LogP contribution in [-0.4, -0.2) is 43.8 Å². The summed E-state index contributed by atoms with van der Waals surface area (Å²) in [6, 6.07) is 0.238. The topological polar surface area (TPSA) is 90.7 Å². The van der Waals surface area contributed by atoms with E-state index in [0.29, 0.717) is 24.9 Å². The van der Waals surface area contributed by atoms with E-state index in [2.05, 4.69) is 5.32 Å². The summed E-state index contributed by atoms with van der Waals surface area (Å²) in [5.41, 5.74) is 5.28. The summed E-state index contributed by atoms with van der Waals surface area (Å²) in [5.74, 6) is 0.386. The number of methoxy groups -OCH3 is 1. The summed E-state index contributed by atoms with van der Waals surface area (Å²) < 4.78 is 10.2. The summed E-state index contributed by atoms with van der Waals surface area (Å²) in [4.78, 5) is 24.8. The van der Waals surface area contributed by atoms with Gasteiger partial charge in [-0.3, -0.25) is 4.79 Å². The van der Waals surface area contributed by atoms with E-state index < -0.39 is 11.5 Å². The summed E-state index contributed by atoms with van der Waals surface area (Å²) in [6.07, 6.45) is 5.60. The standard InChI is InChI=1S/C16H26N2O4.ClH/c1-21-15(20)16(5-6-22-9-16)18-14(19)12-7-10-3-2-4-11(8-12)13(10)17;/h10-13H,2-9,17H2,1H3,(H,18,19);1H. The Kier molecular flexibility index (Phi) is 5.92. The molecular weight excluding hydrogens is 320 g/mol. The lowest BCUT2D eigenvalue weighted by molar-refractivity contribution is -0.152. The van der Waals surface area contributed by atoms with Gasteiger partial charge in [0.05, 0.1) is 13.7 Å². The minimum Gasteiger partial charge on any atom is -0.467 e. The molecule has 2 saturated carbocycles. The summed E-state index contributed by atoms with van der Waals surface area (Å²) >= 11 is 0. The number of nitrogens with two attached hydrogens (primary N) is 1. The van der Waals surface area contributed by atoms with Crippen LogP contribution in [0.5, 0.6) is 0 Å². The molecule has 0 radical (unpaired) electrons. The number of carbonyl (C=O) groups excluding carboxylic acids is 2. The number of nitrogens with one attached hydrogen (secondary N) is 1. The van der Waals surface area contributed by atoms with Gasteiger partial charge in [-0.25, -0.2) is 4.79 Å². The predicted octanol–water partition coefficient (Wildman–Crippen LogP) is 1.01. The minimum absolute atomic E-state index is 0. The number of esters is 1. The molecule has 3 fully saturated rings. The van der Waals surface area contributed by atoms with E-state index in [4.69, 9.17) is 15.2 Å². The Morgan fingerprint density at radius 3 is 2.43 bits per heavy atom. The Labute approximate surface area is 143 Å². The van der Waals surface area contributed by atoms with Crippen LogP contribution in [-0.2, 0) is 19.1 Å². The van der Waals surface area contributed by atoms with E-state index in [9.17, 15) is 9.59 Å². The van der Waals surface area contributed by atoms with Gasteiger partial charge >= 0.3 is 5.97 Å². The number of hydrogen-bond donors (Lipinski definition) is 2. The van der Waals surface area contributed by atoms with Crippen LogP contribution in [0.3, 0.4) is 0 Å². The lowest BCUT2D eigenvalue weighted by atomic mass is 9.65. The summed E-state index contributed by atoms with van der Waals surface area (Å²) in [5, 5.41) is 2.94. The van der Waals surface area contributed by atoms with Crippen LogP contribution in [0.2, 0.25) is 0 Å². The van der Waals surface area contributed by atoms with Crippen molar-refractivity contribution in [1.82, 2.24) is 5.32 Å². The molecule has 3 unspecified atom stereocenters. The molecule has 132 valence electrons. The predicted molar refractivity (Wildman–Crippen MR) is 87.1 cm³/mol. The number of ether oxygens (including phenoxy) is 2. The Morgan fingerprint density at radius 1 is 1.26 bits per heavy atom. The molecule has 0 aromatic carbocycles. The van der Waals surface area contributed by atoms with E-state index in [-0.39, 0.29) is 36.9 Å². The molecule has 3 aliphatic rings. The van der Waals surface area contributed by atoms with Crippen molar-refractivity contribution in [2.75, 3.05) is 20.3 Å². The van der Waals surface area contributed by atoms with E-state index in [1.54, 1.807) is 0 Å². The fourth-order valence-corrected chi connectivity index (χ4v) is 4.41. The zero-order chi connectivity index (χ0) is 15.7. The van der Waals surface area contributed by atoms with Crippen molar-refractivity contribution in [3.8, 4) is 0 Å². The van der Waals surface area contributed by atoms with Crippen molar-refractivity contribution in [3.05, 3.63) is 0 Å². The maximum Gasteiger partial charge on any atom is 0.334 e. The average Bonchev–Trinajstić information content (AvgIpc) is 2.95. The molecule has 23 heavy (non-hydrogen) atoms. The lowest BCUT2D eigenvalue weighted by Crippen LogP contribution is -2.58. The van der Waals surface area contributed by atoms with Gasteiger partial charge in [-0.05, 0) is 37.5 Å². The van der Waals surface area contributed by atoms with Gasteiger partial charge in [0.25, 0.3) is 0 Å². The maximum absolute atomic E-state index is 12.7. The highest BCUT2D eigenvalue weighted by Crippen LogP contribution is 2.42. The van der Waals surface area contributed by atoms with Crippen LogP contribution in [0.4, 0.5) is 0 Å². The van der Waals surface area contributed by atoms with Crippen molar-refractivity contribution >= 4 is 24.3 Å². The van der Waals surface area contributed by atoms with E-state index in [1.165, 1.54) is 13.5 Å². The Bertz CT molecular complexity index is 439. The molecule has 3 rings (SSSR count). The van der Waals surface area contributed by atoms with Crippen molar-refractivity contribution in [3.63, 3.8) is 0 Å². The van der Waals surface area contributed by atoms with Gasteiger partial charge in [0, 0.05) is 25.0 Å². The zero-order valence-corrected chi connectivity index (χ0v) is 14.4. The Hall–Kier alpha value is -0.850. The highest BCUT2D eigenvalue weighted by molar-refractivity contribution is 5.89. The van der Waals surface area contributed by atoms with Crippen LogP contribution in [0.15, 0.2) is 0 Å². The molecule has 3 atom stereocenters. The molecule has 1 saturated heterocycles. The number of rotatable bonds is 3. The quantitative estimate of drug-likeness (QED) is 0.744. The van der Waals surface area contributed by atoms with Crippen LogP contribution in [0.1, 0.15) is 38.5 Å².